The van der Waals surface area contributed by atoms with Gasteiger partial charge in [0.2, 0.25) is 0 Å². The van der Waals surface area contributed by atoms with Crippen LogP contribution < -0.4 is 0 Å². The predicted octanol–water partition coefficient (Wildman–Crippen LogP) is 2.30. The van der Waals surface area contributed by atoms with E-state index in [0.29, 0.717) is 5.25 Å². The molecule has 2 rings (SSSR count). The van der Waals surface area contributed by atoms with Gasteiger partial charge in [-0.25, -0.2) is 0 Å². The highest BCUT2D eigenvalue weighted by atomic mass is 32.2. The second-order valence-electron chi connectivity index (χ2n) is 2.29. The molecule has 0 aromatic heterocycles. The van der Waals surface area contributed by atoms with E-state index in [0.717, 1.165) is 0 Å². The molecular formula is C8H7S. The minimum Gasteiger partial charge on any atom is -0.121 e. The van der Waals surface area contributed by atoms with Gasteiger partial charge in [0.25, 0.3) is 0 Å². The minimum atomic E-state index is 0.532. The van der Waals surface area contributed by atoms with Gasteiger partial charge in [-0.05, 0) is 29.6 Å². The lowest BCUT2D eigenvalue weighted by Crippen LogP contribution is -1.89. The zero-order valence-corrected chi connectivity index (χ0v) is 6.03. The maximum absolute atomic E-state index is 3.34. The van der Waals surface area contributed by atoms with Crippen molar-refractivity contribution >= 4 is 11.8 Å². The van der Waals surface area contributed by atoms with Crippen LogP contribution in [0.5, 0.6) is 0 Å². The van der Waals surface area contributed by atoms with Gasteiger partial charge in [-0.15, -0.1) is 11.8 Å². The molecule has 2 aliphatic rings. The van der Waals surface area contributed by atoms with E-state index in [2.05, 4.69) is 30.6 Å². The fourth-order valence-corrected chi connectivity index (χ4v) is 2.05. The number of fused-ring (bicyclic) bond motifs is 1. The molecule has 0 aromatic carbocycles. The topological polar surface area (TPSA) is 0 Å². The summed E-state index contributed by atoms with van der Waals surface area (Å²) in [6.45, 7) is 2.10. The largest absolute Gasteiger partial charge is 0.121 e. The van der Waals surface area contributed by atoms with Gasteiger partial charge in [0, 0.05) is 0 Å². The van der Waals surface area contributed by atoms with Crippen molar-refractivity contribution in [1.29, 1.82) is 0 Å². The normalized spacial score (nSPS) is 30.1. The molecule has 9 heavy (non-hydrogen) atoms. The van der Waals surface area contributed by atoms with Crippen LogP contribution >= 0.6 is 11.8 Å². The Balaban J connectivity index is 2.37. The van der Waals surface area contributed by atoms with Crippen LogP contribution in [-0.2, 0) is 0 Å². The van der Waals surface area contributed by atoms with Gasteiger partial charge >= 0.3 is 0 Å². The fraction of sp³-hybridized carbons (Fsp3) is 0.250. The second-order valence-corrected chi connectivity index (χ2v) is 3.31. The second kappa shape index (κ2) is 1.77. The average molecular weight is 135 g/mol. The zero-order valence-electron chi connectivity index (χ0n) is 5.22. The highest BCUT2D eigenvalue weighted by Crippen LogP contribution is 2.34. The number of hydrogen-bond donors (Lipinski definition) is 0. The quantitative estimate of drug-likeness (QED) is 0.491. The summed E-state index contributed by atoms with van der Waals surface area (Å²) < 4.78 is 0. The molecule has 0 spiro atoms. The molecule has 45 valence electrons. The lowest BCUT2D eigenvalue weighted by atomic mass is 10.2. The summed E-state index contributed by atoms with van der Waals surface area (Å²) in [6.07, 6.45) is 7.70. The molecule has 1 heteroatoms. The lowest BCUT2D eigenvalue weighted by molar-refractivity contribution is 1.33. The summed E-state index contributed by atoms with van der Waals surface area (Å²) in [5.41, 5.74) is 2.70. The van der Waals surface area contributed by atoms with Gasteiger partial charge in [0.1, 0.15) is 0 Å². The first-order valence-corrected chi connectivity index (χ1v) is 3.94. The third-order valence-corrected chi connectivity index (χ3v) is 2.48. The van der Waals surface area contributed by atoms with Crippen molar-refractivity contribution in [3.05, 3.63) is 34.8 Å². The van der Waals surface area contributed by atoms with Crippen molar-refractivity contribution in [3.8, 4) is 0 Å². The average Bonchev–Trinajstić information content (AvgIpc) is 2.22. The molecule has 1 radical (unpaired) electrons. The summed E-state index contributed by atoms with van der Waals surface area (Å²) in [7, 11) is 0. The Labute approximate surface area is 59.3 Å². The molecule has 1 atom stereocenters. The molecule has 0 saturated carbocycles. The van der Waals surface area contributed by atoms with Crippen molar-refractivity contribution in [2.24, 2.45) is 0 Å². The van der Waals surface area contributed by atoms with Crippen LogP contribution in [0.4, 0.5) is 0 Å². The van der Waals surface area contributed by atoms with Crippen LogP contribution in [0.1, 0.15) is 6.92 Å². The summed E-state index contributed by atoms with van der Waals surface area (Å²) in [5.74, 6) is 0. The molecule has 1 unspecified atom stereocenters. The van der Waals surface area contributed by atoms with E-state index in [1.165, 1.54) is 11.1 Å². The van der Waals surface area contributed by atoms with E-state index in [1.807, 2.05) is 11.8 Å². The van der Waals surface area contributed by atoms with E-state index < -0.39 is 0 Å². The first-order valence-electron chi connectivity index (χ1n) is 3.00. The van der Waals surface area contributed by atoms with Gasteiger partial charge in [0.15, 0.2) is 0 Å². The Morgan fingerprint density at radius 3 is 3.33 bits per heavy atom. The Kier molecular flexibility index (Phi) is 1.06. The first kappa shape index (κ1) is 5.36. The molecule has 0 N–H and O–H groups in total. The summed E-state index contributed by atoms with van der Waals surface area (Å²) in [4.78, 5) is 0. The molecule has 1 aliphatic heterocycles. The van der Waals surface area contributed by atoms with Gasteiger partial charge in [-0.1, -0.05) is 12.2 Å². The zero-order chi connectivity index (χ0) is 6.27. The summed E-state index contributed by atoms with van der Waals surface area (Å²) >= 11 is 1.84. The Hall–Kier alpha value is -0.430. The Bertz CT molecular complexity index is 221. The number of hydrogen-bond acceptors (Lipinski definition) is 1. The third kappa shape index (κ3) is 0.761. The van der Waals surface area contributed by atoms with Crippen molar-refractivity contribution < 1.29 is 0 Å². The SMILES string of the molecule is CC1=[C]C2SC=CC2=C1. The molecule has 0 aromatic rings. The maximum Gasteiger partial charge on any atom is 0.0594 e. The van der Waals surface area contributed by atoms with E-state index in [-0.39, 0.29) is 0 Å². The molecule has 0 amide bonds. The fourth-order valence-electron chi connectivity index (χ4n) is 1.10. The molecule has 1 aliphatic carbocycles. The molecule has 1 heterocycles. The van der Waals surface area contributed by atoms with Crippen LogP contribution in [0.25, 0.3) is 0 Å². The van der Waals surface area contributed by atoms with Crippen molar-refractivity contribution in [1.82, 2.24) is 0 Å². The van der Waals surface area contributed by atoms with Crippen LogP contribution in [0.15, 0.2) is 28.7 Å². The van der Waals surface area contributed by atoms with Crippen molar-refractivity contribution in [3.63, 3.8) is 0 Å². The monoisotopic (exact) mass is 135 g/mol. The van der Waals surface area contributed by atoms with E-state index in [9.17, 15) is 0 Å². The van der Waals surface area contributed by atoms with Crippen LogP contribution in [0.2, 0.25) is 0 Å². The van der Waals surface area contributed by atoms with Crippen LogP contribution in [0, 0.1) is 6.08 Å². The number of thioether (sulfide) groups is 1. The van der Waals surface area contributed by atoms with Gasteiger partial charge in [-0.2, -0.15) is 0 Å². The molecule has 0 nitrogen and oxygen atoms in total. The van der Waals surface area contributed by atoms with E-state index >= 15 is 0 Å². The minimum absolute atomic E-state index is 0.532. The predicted molar refractivity (Wildman–Crippen MR) is 41.0 cm³/mol. The van der Waals surface area contributed by atoms with E-state index in [1.54, 1.807) is 0 Å². The highest BCUT2D eigenvalue weighted by Gasteiger charge is 2.18. The van der Waals surface area contributed by atoms with Gasteiger partial charge in [0.05, 0.1) is 5.25 Å². The summed E-state index contributed by atoms with van der Waals surface area (Å²) in [5, 5.41) is 2.67. The molecule has 0 fully saturated rings. The lowest BCUT2D eigenvalue weighted by Gasteiger charge is -1.95. The number of rotatable bonds is 0. The first-order chi connectivity index (χ1) is 4.36. The number of allylic oxidation sites excluding steroid dienone is 3. The summed E-state index contributed by atoms with van der Waals surface area (Å²) in [6, 6.07) is 0. The van der Waals surface area contributed by atoms with Crippen LogP contribution in [-0.4, -0.2) is 5.25 Å². The molecule has 0 bridgehead atoms. The van der Waals surface area contributed by atoms with Gasteiger partial charge in [-0.3, -0.25) is 0 Å². The van der Waals surface area contributed by atoms with E-state index in [4.69, 9.17) is 0 Å². The Morgan fingerprint density at radius 1 is 1.67 bits per heavy atom. The standard InChI is InChI=1S/C8H7S/c1-6-4-7-2-3-9-8(7)5-6/h2-4,8H,1H3. The van der Waals surface area contributed by atoms with Gasteiger partial charge < -0.3 is 0 Å². The molecular weight excluding hydrogens is 128 g/mol. The smallest absolute Gasteiger partial charge is 0.0594 e. The third-order valence-electron chi connectivity index (χ3n) is 1.52. The van der Waals surface area contributed by atoms with Crippen LogP contribution in [0.3, 0.4) is 0 Å². The maximum atomic E-state index is 3.34. The van der Waals surface area contributed by atoms with Crippen molar-refractivity contribution in [2.45, 2.75) is 12.2 Å². The molecule has 0 saturated heterocycles. The highest BCUT2D eigenvalue weighted by molar-refractivity contribution is 8.03. The van der Waals surface area contributed by atoms with Crippen molar-refractivity contribution in [2.75, 3.05) is 0 Å². The Morgan fingerprint density at radius 2 is 2.56 bits per heavy atom.